The number of rotatable bonds is 8. The molecule has 150 valence electrons. The molecule has 0 saturated heterocycles. The Bertz CT molecular complexity index is 798. The van der Waals surface area contributed by atoms with E-state index in [0.29, 0.717) is 18.0 Å². The molecule has 0 aliphatic heterocycles. The highest BCUT2D eigenvalue weighted by Crippen LogP contribution is 2.23. The van der Waals surface area contributed by atoms with Crippen LogP contribution in [0.3, 0.4) is 0 Å². The van der Waals surface area contributed by atoms with Crippen LogP contribution in [0.2, 0.25) is 0 Å². The summed E-state index contributed by atoms with van der Waals surface area (Å²) in [5.74, 6) is 1.17. The van der Waals surface area contributed by atoms with Gasteiger partial charge in [-0.3, -0.25) is 4.79 Å². The number of ether oxygens (including phenoxy) is 2. The second kappa shape index (κ2) is 9.78. The molecule has 0 fully saturated rings. The van der Waals surface area contributed by atoms with Gasteiger partial charge in [0.15, 0.2) is 6.61 Å². The maximum atomic E-state index is 12.7. The molecule has 6 heteroatoms. The summed E-state index contributed by atoms with van der Waals surface area (Å²) in [5, 5.41) is 3.92. The second-order valence-electron chi connectivity index (χ2n) is 7.25. The van der Waals surface area contributed by atoms with E-state index in [-0.39, 0.29) is 18.1 Å². The molecular weight excluding hydrogens is 356 g/mol. The zero-order chi connectivity index (χ0) is 20.6. The predicted octanol–water partition coefficient (Wildman–Crippen LogP) is 3.88. The molecule has 1 amide bonds. The summed E-state index contributed by atoms with van der Waals surface area (Å²) in [4.78, 5) is 19.7. The third-order valence-corrected chi connectivity index (χ3v) is 4.19. The lowest BCUT2D eigenvalue weighted by atomic mass is 10.0. The molecule has 0 radical (unpaired) electrons. The molecule has 0 N–H and O–H groups in total. The lowest BCUT2D eigenvalue weighted by Crippen LogP contribution is -2.46. The van der Waals surface area contributed by atoms with Gasteiger partial charge in [-0.05, 0) is 38.5 Å². The lowest BCUT2D eigenvalue weighted by Gasteiger charge is -2.35. The molecule has 0 bridgehead atoms. The van der Waals surface area contributed by atoms with E-state index in [1.54, 1.807) is 31.3 Å². The maximum absolute atomic E-state index is 12.7. The van der Waals surface area contributed by atoms with Crippen molar-refractivity contribution in [1.29, 1.82) is 0 Å². The first-order chi connectivity index (χ1) is 13.3. The van der Waals surface area contributed by atoms with Gasteiger partial charge >= 0.3 is 0 Å². The number of hydrogen-bond donors (Lipinski definition) is 0. The summed E-state index contributed by atoms with van der Waals surface area (Å²) in [7, 11) is 3.16. The molecule has 2 aromatic carbocycles. The minimum absolute atomic E-state index is 0.129. The molecule has 0 aliphatic rings. The fourth-order valence-corrected chi connectivity index (χ4v) is 2.65. The van der Waals surface area contributed by atoms with Gasteiger partial charge in [0.25, 0.3) is 5.91 Å². The van der Waals surface area contributed by atoms with Crippen molar-refractivity contribution in [3.63, 3.8) is 0 Å². The standard InChI is InChI=1S/C22H28N2O4/c1-22(2,3)24(15-17-9-7-6-8-10-17)21(25)16-28-23-14-18-11-12-19(26-4)13-20(18)27-5/h6-14H,15-16H2,1-5H3/b23-14-. The molecule has 0 spiro atoms. The van der Waals surface area contributed by atoms with Crippen molar-refractivity contribution in [1.82, 2.24) is 4.90 Å². The van der Waals surface area contributed by atoms with Gasteiger partial charge in [0, 0.05) is 23.7 Å². The first-order valence-corrected chi connectivity index (χ1v) is 9.07. The number of carbonyl (C=O) groups excluding carboxylic acids is 1. The van der Waals surface area contributed by atoms with Crippen LogP contribution in [0.25, 0.3) is 0 Å². The van der Waals surface area contributed by atoms with Crippen molar-refractivity contribution in [3.8, 4) is 11.5 Å². The van der Waals surface area contributed by atoms with Crippen LogP contribution in [-0.4, -0.2) is 43.4 Å². The smallest absolute Gasteiger partial charge is 0.264 e. The molecule has 2 rings (SSSR count). The first kappa shape index (κ1) is 21.3. The minimum Gasteiger partial charge on any atom is -0.497 e. The molecule has 28 heavy (non-hydrogen) atoms. The molecular formula is C22H28N2O4. The van der Waals surface area contributed by atoms with Gasteiger partial charge in [0.1, 0.15) is 11.5 Å². The van der Waals surface area contributed by atoms with E-state index in [9.17, 15) is 4.79 Å². The summed E-state index contributed by atoms with van der Waals surface area (Å²) in [5.41, 5.74) is 1.46. The van der Waals surface area contributed by atoms with Crippen LogP contribution in [0, 0.1) is 0 Å². The Labute approximate surface area is 166 Å². The van der Waals surface area contributed by atoms with Crippen molar-refractivity contribution in [3.05, 3.63) is 59.7 Å². The van der Waals surface area contributed by atoms with Crippen molar-refractivity contribution < 1.29 is 19.1 Å². The Hall–Kier alpha value is -3.02. The van der Waals surface area contributed by atoms with Gasteiger partial charge in [0.2, 0.25) is 0 Å². The van der Waals surface area contributed by atoms with Crippen LogP contribution in [0.5, 0.6) is 11.5 Å². The van der Waals surface area contributed by atoms with Gasteiger partial charge in [-0.1, -0.05) is 35.5 Å². The van der Waals surface area contributed by atoms with Crippen LogP contribution < -0.4 is 9.47 Å². The number of methoxy groups -OCH3 is 2. The fourth-order valence-electron chi connectivity index (χ4n) is 2.65. The zero-order valence-corrected chi connectivity index (χ0v) is 17.1. The van der Waals surface area contributed by atoms with Crippen molar-refractivity contribution in [2.75, 3.05) is 20.8 Å². The van der Waals surface area contributed by atoms with Crippen LogP contribution >= 0.6 is 0 Å². The first-order valence-electron chi connectivity index (χ1n) is 9.07. The number of benzene rings is 2. The normalized spacial score (nSPS) is 11.3. The van der Waals surface area contributed by atoms with E-state index in [4.69, 9.17) is 14.3 Å². The molecule has 2 aromatic rings. The molecule has 0 atom stereocenters. The topological polar surface area (TPSA) is 60.4 Å². The third-order valence-electron chi connectivity index (χ3n) is 4.19. The number of amides is 1. The monoisotopic (exact) mass is 384 g/mol. The molecule has 6 nitrogen and oxygen atoms in total. The SMILES string of the molecule is COc1ccc(/C=N\OCC(=O)N(Cc2ccccc2)C(C)(C)C)c(OC)c1. The molecule has 0 aliphatic carbocycles. The Morgan fingerprint density at radius 1 is 1.07 bits per heavy atom. The zero-order valence-electron chi connectivity index (χ0n) is 17.1. The Morgan fingerprint density at radius 2 is 1.79 bits per heavy atom. The summed E-state index contributed by atoms with van der Waals surface area (Å²) in [6.45, 7) is 6.37. The highest BCUT2D eigenvalue weighted by molar-refractivity contribution is 5.83. The van der Waals surface area contributed by atoms with E-state index in [0.717, 1.165) is 11.1 Å². The Balaban J connectivity index is 2.00. The summed E-state index contributed by atoms with van der Waals surface area (Å²) in [6, 6.07) is 15.3. The predicted molar refractivity (Wildman–Crippen MR) is 110 cm³/mol. The van der Waals surface area contributed by atoms with Gasteiger partial charge in [0.05, 0.1) is 20.4 Å². The highest BCUT2D eigenvalue weighted by atomic mass is 16.6. The second-order valence-corrected chi connectivity index (χ2v) is 7.25. The van der Waals surface area contributed by atoms with Gasteiger partial charge in [-0.2, -0.15) is 0 Å². The number of hydrogen-bond acceptors (Lipinski definition) is 5. The molecule has 0 heterocycles. The van der Waals surface area contributed by atoms with Crippen molar-refractivity contribution >= 4 is 12.1 Å². The summed E-state index contributed by atoms with van der Waals surface area (Å²) in [6.07, 6.45) is 1.52. The third kappa shape index (κ3) is 6.01. The Morgan fingerprint density at radius 3 is 2.39 bits per heavy atom. The van der Waals surface area contributed by atoms with Crippen LogP contribution in [0.15, 0.2) is 53.7 Å². The van der Waals surface area contributed by atoms with Crippen molar-refractivity contribution in [2.45, 2.75) is 32.9 Å². The minimum atomic E-state index is -0.334. The van der Waals surface area contributed by atoms with Crippen LogP contribution in [0.1, 0.15) is 31.9 Å². The van der Waals surface area contributed by atoms with Gasteiger partial charge in [-0.15, -0.1) is 0 Å². The van der Waals surface area contributed by atoms with E-state index < -0.39 is 0 Å². The number of carbonyl (C=O) groups is 1. The van der Waals surface area contributed by atoms with E-state index in [1.165, 1.54) is 6.21 Å². The van der Waals surface area contributed by atoms with E-state index in [1.807, 2.05) is 57.2 Å². The van der Waals surface area contributed by atoms with Gasteiger partial charge < -0.3 is 19.2 Å². The quantitative estimate of drug-likeness (QED) is 0.512. The van der Waals surface area contributed by atoms with Crippen LogP contribution in [0.4, 0.5) is 0 Å². The summed E-state index contributed by atoms with van der Waals surface area (Å²) >= 11 is 0. The highest BCUT2D eigenvalue weighted by Gasteiger charge is 2.26. The maximum Gasteiger partial charge on any atom is 0.264 e. The van der Waals surface area contributed by atoms with E-state index in [2.05, 4.69) is 5.16 Å². The lowest BCUT2D eigenvalue weighted by molar-refractivity contribution is -0.141. The average Bonchev–Trinajstić information content (AvgIpc) is 2.69. The van der Waals surface area contributed by atoms with Gasteiger partial charge in [-0.25, -0.2) is 0 Å². The molecule has 0 unspecified atom stereocenters. The van der Waals surface area contributed by atoms with E-state index >= 15 is 0 Å². The average molecular weight is 384 g/mol. The summed E-state index contributed by atoms with van der Waals surface area (Å²) < 4.78 is 10.5. The van der Waals surface area contributed by atoms with Crippen LogP contribution in [-0.2, 0) is 16.2 Å². The molecule has 0 aromatic heterocycles. The number of oxime groups is 1. The Kier molecular flexibility index (Phi) is 7.44. The van der Waals surface area contributed by atoms with Crippen molar-refractivity contribution in [2.24, 2.45) is 5.16 Å². The number of nitrogens with zero attached hydrogens (tertiary/aromatic N) is 2. The largest absolute Gasteiger partial charge is 0.497 e. The fraction of sp³-hybridized carbons (Fsp3) is 0.364. The molecule has 0 saturated carbocycles.